The van der Waals surface area contributed by atoms with Crippen LogP contribution >= 0.6 is 11.3 Å². The van der Waals surface area contributed by atoms with E-state index in [4.69, 9.17) is 4.74 Å². The van der Waals surface area contributed by atoms with Crippen molar-refractivity contribution in [2.75, 3.05) is 13.2 Å². The van der Waals surface area contributed by atoms with E-state index in [1.807, 2.05) is 0 Å². The fourth-order valence-electron chi connectivity index (χ4n) is 1.55. The van der Waals surface area contributed by atoms with Gasteiger partial charge in [-0.15, -0.1) is 11.3 Å². The van der Waals surface area contributed by atoms with Crippen LogP contribution in [0.2, 0.25) is 0 Å². The van der Waals surface area contributed by atoms with Crippen molar-refractivity contribution in [1.29, 1.82) is 0 Å². The molecule has 0 saturated carbocycles. The first-order chi connectivity index (χ1) is 6.20. The third-order valence-corrected chi connectivity index (χ3v) is 3.51. The number of thiophene rings is 1. The summed E-state index contributed by atoms with van der Waals surface area (Å²) >= 11 is 1.73. The van der Waals surface area contributed by atoms with Crippen molar-refractivity contribution in [2.24, 2.45) is 4.99 Å². The summed E-state index contributed by atoms with van der Waals surface area (Å²) in [6, 6.07) is 0. The smallest absolute Gasteiger partial charge is 0.183 e. The summed E-state index contributed by atoms with van der Waals surface area (Å²) in [5.41, 5.74) is 3.66. The predicted molar refractivity (Wildman–Crippen MR) is 56.4 cm³/mol. The molecule has 0 amide bonds. The average molecular weight is 195 g/mol. The summed E-state index contributed by atoms with van der Waals surface area (Å²) in [4.78, 5) is 5.77. The van der Waals surface area contributed by atoms with Gasteiger partial charge in [-0.3, -0.25) is 4.99 Å². The number of aryl methyl sites for hydroxylation is 1. The van der Waals surface area contributed by atoms with E-state index in [9.17, 15) is 0 Å². The number of ether oxygens (including phenoxy) is 1. The Kier molecular flexibility index (Phi) is 2.12. The van der Waals surface area contributed by atoms with Gasteiger partial charge in [0.1, 0.15) is 6.61 Å². The molecule has 1 aliphatic rings. The summed E-state index contributed by atoms with van der Waals surface area (Å²) in [5, 5.41) is 1.05. The van der Waals surface area contributed by atoms with Crippen LogP contribution in [-0.2, 0) is 0 Å². The van der Waals surface area contributed by atoms with Gasteiger partial charge in [0.2, 0.25) is 0 Å². The number of aliphatic imine (C=N–C) groups is 1. The van der Waals surface area contributed by atoms with Gasteiger partial charge in [0.25, 0.3) is 0 Å². The van der Waals surface area contributed by atoms with Crippen LogP contribution in [0.1, 0.15) is 22.9 Å². The maximum atomic E-state index is 5.62. The van der Waals surface area contributed by atoms with Crippen LogP contribution in [0.15, 0.2) is 4.99 Å². The molecule has 0 fully saturated rings. The Morgan fingerprint density at radius 2 is 2.08 bits per heavy atom. The highest BCUT2D eigenvalue weighted by molar-refractivity contribution is 7.14. The van der Waals surface area contributed by atoms with Crippen LogP contribution in [0.4, 0.5) is 0 Å². The zero-order valence-corrected chi connectivity index (χ0v) is 8.99. The highest BCUT2D eigenvalue weighted by Gasteiger charge is 2.17. The minimum atomic E-state index is 0.712. The summed E-state index contributed by atoms with van der Waals surface area (Å²) in [6.45, 7) is 7.83. The molecule has 2 nitrogen and oxygen atoms in total. The minimum Gasteiger partial charge on any atom is -0.481 e. The molecule has 0 spiro atoms. The van der Waals surface area contributed by atoms with E-state index < -0.39 is 0 Å². The van der Waals surface area contributed by atoms with Crippen molar-refractivity contribution < 1.29 is 4.74 Å². The second kappa shape index (κ2) is 3.14. The van der Waals surface area contributed by atoms with Crippen LogP contribution in [0.5, 0.6) is 5.06 Å². The summed E-state index contributed by atoms with van der Waals surface area (Å²) < 4.78 is 5.62. The molecule has 0 bridgehead atoms. The van der Waals surface area contributed by atoms with Gasteiger partial charge < -0.3 is 4.74 Å². The van der Waals surface area contributed by atoms with E-state index in [1.54, 1.807) is 11.3 Å². The van der Waals surface area contributed by atoms with Crippen molar-refractivity contribution in [3.8, 4) is 5.06 Å². The fourth-order valence-corrected chi connectivity index (χ4v) is 2.63. The number of nitrogens with zero attached hydrogens (tertiary/aromatic N) is 1. The van der Waals surface area contributed by atoms with Gasteiger partial charge in [-0.2, -0.15) is 0 Å². The van der Waals surface area contributed by atoms with Crippen LogP contribution in [-0.4, -0.2) is 18.9 Å². The Morgan fingerprint density at radius 1 is 1.31 bits per heavy atom. The number of hydrogen-bond donors (Lipinski definition) is 0. The van der Waals surface area contributed by atoms with Crippen LogP contribution < -0.4 is 4.74 Å². The van der Waals surface area contributed by atoms with Crippen molar-refractivity contribution in [3.05, 3.63) is 16.0 Å². The maximum absolute atomic E-state index is 5.62. The Balaban J connectivity index is 2.60. The van der Waals surface area contributed by atoms with Crippen molar-refractivity contribution in [2.45, 2.75) is 20.8 Å². The molecule has 0 atom stereocenters. The maximum Gasteiger partial charge on any atom is 0.183 e. The van der Waals surface area contributed by atoms with E-state index in [0.29, 0.717) is 6.61 Å². The zero-order valence-electron chi connectivity index (χ0n) is 8.18. The van der Waals surface area contributed by atoms with E-state index in [2.05, 4.69) is 25.8 Å². The van der Waals surface area contributed by atoms with Gasteiger partial charge in [0.15, 0.2) is 5.06 Å². The second-order valence-electron chi connectivity index (χ2n) is 3.26. The average Bonchev–Trinajstić information content (AvgIpc) is 2.29. The molecule has 0 radical (unpaired) electrons. The lowest BCUT2D eigenvalue weighted by Gasteiger charge is -2.00. The quantitative estimate of drug-likeness (QED) is 0.623. The van der Waals surface area contributed by atoms with E-state index >= 15 is 0 Å². The topological polar surface area (TPSA) is 21.6 Å². The number of rotatable bonds is 0. The van der Waals surface area contributed by atoms with E-state index in [1.165, 1.54) is 16.0 Å². The molecule has 70 valence electrons. The van der Waals surface area contributed by atoms with E-state index in [-0.39, 0.29) is 0 Å². The van der Waals surface area contributed by atoms with Crippen molar-refractivity contribution in [3.63, 3.8) is 0 Å². The van der Waals surface area contributed by atoms with Crippen molar-refractivity contribution in [1.82, 2.24) is 0 Å². The molecule has 0 unspecified atom stereocenters. The zero-order chi connectivity index (χ0) is 9.42. The first-order valence-corrected chi connectivity index (χ1v) is 5.26. The van der Waals surface area contributed by atoms with Crippen LogP contribution in [0.3, 0.4) is 0 Å². The highest BCUT2D eigenvalue weighted by atomic mass is 32.1. The molecule has 1 aromatic rings. The van der Waals surface area contributed by atoms with Gasteiger partial charge >= 0.3 is 0 Å². The van der Waals surface area contributed by atoms with Crippen LogP contribution in [0, 0.1) is 13.8 Å². The summed E-state index contributed by atoms with van der Waals surface area (Å²) in [6.07, 6.45) is 0. The van der Waals surface area contributed by atoms with Gasteiger partial charge in [0, 0.05) is 10.6 Å². The molecule has 2 rings (SSSR count). The van der Waals surface area contributed by atoms with Gasteiger partial charge in [-0.05, 0) is 26.3 Å². The monoisotopic (exact) mass is 195 g/mol. The molecule has 0 saturated heterocycles. The fraction of sp³-hybridized carbons (Fsp3) is 0.500. The lowest BCUT2D eigenvalue weighted by atomic mass is 10.1. The Bertz CT molecular complexity index is 365. The van der Waals surface area contributed by atoms with Gasteiger partial charge in [0.05, 0.1) is 12.1 Å². The Morgan fingerprint density at radius 3 is 2.85 bits per heavy atom. The second-order valence-corrected chi connectivity index (χ2v) is 4.45. The lowest BCUT2D eigenvalue weighted by molar-refractivity contribution is 0.341. The third-order valence-electron chi connectivity index (χ3n) is 2.39. The molecular formula is C10H13NOS. The molecule has 0 N–H and O–H groups in total. The Labute approximate surface area is 82.3 Å². The summed E-state index contributed by atoms with van der Waals surface area (Å²) in [7, 11) is 0. The Hall–Kier alpha value is -0.830. The van der Waals surface area contributed by atoms with Crippen molar-refractivity contribution >= 4 is 17.0 Å². The molecule has 1 aliphatic heterocycles. The molecule has 0 aromatic carbocycles. The molecule has 1 aromatic heterocycles. The molecular weight excluding hydrogens is 182 g/mol. The van der Waals surface area contributed by atoms with Gasteiger partial charge in [-0.25, -0.2) is 0 Å². The standard InChI is InChI=1S/C10H13NOS/c1-6-8(3)13-10-9(6)7(2)11-4-5-12-10/h4-5H2,1-3H3. The molecule has 0 aliphatic carbocycles. The normalized spacial score (nSPS) is 15.8. The summed E-state index contributed by atoms with van der Waals surface area (Å²) in [5.74, 6) is 0. The largest absolute Gasteiger partial charge is 0.481 e. The molecule has 13 heavy (non-hydrogen) atoms. The first kappa shape index (κ1) is 8.75. The number of fused-ring (bicyclic) bond motifs is 1. The predicted octanol–water partition coefficient (Wildman–Crippen LogP) is 2.57. The minimum absolute atomic E-state index is 0.712. The highest BCUT2D eigenvalue weighted by Crippen LogP contribution is 2.35. The third kappa shape index (κ3) is 1.37. The lowest BCUT2D eigenvalue weighted by Crippen LogP contribution is -1.97. The molecule has 2 heterocycles. The number of hydrogen-bond acceptors (Lipinski definition) is 3. The van der Waals surface area contributed by atoms with E-state index in [0.717, 1.165) is 17.3 Å². The van der Waals surface area contributed by atoms with Gasteiger partial charge in [-0.1, -0.05) is 0 Å². The first-order valence-electron chi connectivity index (χ1n) is 4.44. The van der Waals surface area contributed by atoms with Crippen LogP contribution in [0.25, 0.3) is 0 Å². The molecule has 3 heteroatoms. The SMILES string of the molecule is CC1=NCCOc2sc(C)c(C)c21.